The Balaban J connectivity index is 0.000000193. The van der Waals surface area contributed by atoms with Gasteiger partial charge in [-0.05, 0) is 74.4 Å². The first-order valence-corrected chi connectivity index (χ1v) is 12.0. The molecule has 4 aromatic rings. The molecule has 164 valence electrons. The first kappa shape index (κ1) is 23.8. The fourth-order valence-electron chi connectivity index (χ4n) is 3.97. The molecule has 0 unspecified atom stereocenters. The zero-order valence-electron chi connectivity index (χ0n) is 20.0. The van der Waals surface area contributed by atoms with Crippen molar-refractivity contribution >= 4 is 19.2 Å². The minimum atomic E-state index is 0.777. The molecule has 0 radical (unpaired) electrons. The molecule has 0 spiro atoms. The van der Waals surface area contributed by atoms with Crippen LogP contribution in [0.25, 0.3) is 0 Å². The predicted octanol–water partition coefficient (Wildman–Crippen LogP) is 7.65. The summed E-state index contributed by atoms with van der Waals surface area (Å²) >= 11 is 0. The van der Waals surface area contributed by atoms with Crippen molar-refractivity contribution in [2.75, 3.05) is 0 Å². The lowest BCUT2D eigenvalue weighted by atomic mass is 10.0. The van der Waals surface area contributed by atoms with Crippen molar-refractivity contribution in [2.24, 2.45) is 0 Å². The van der Waals surface area contributed by atoms with Crippen LogP contribution in [0.4, 0.5) is 0 Å². The summed E-state index contributed by atoms with van der Waals surface area (Å²) < 4.78 is 6.21. The van der Waals surface area contributed by atoms with Gasteiger partial charge < -0.3 is 4.74 Å². The van der Waals surface area contributed by atoms with Crippen LogP contribution in [0.3, 0.4) is 0 Å². The molecule has 0 aliphatic rings. The molecule has 4 rings (SSSR count). The SMILES string of the molecule is Cc1cc(C)c(Oc2c(C)cc(C)cc2C)c(C)c1.c1ccc(Pc2ccccc2)cc1. The van der Waals surface area contributed by atoms with Gasteiger partial charge >= 0.3 is 0 Å². The van der Waals surface area contributed by atoms with Crippen molar-refractivity contribution < 1.29 is 4.74 Å². The van der Waals surface area contributed by atoms with Crippen LogP contribution in [0.5, 0.6) is 11.5 Å². The Morgan fingerprint density at radius 3 is 1.09 bits per heavy atom. The van der Waals surface area contributed by atoms with E-state index in [1.165, 1.54) is 44.0 Å². The summed E-state index contributed by atoms with van der Waals surface area (Å²) in [6.07, 6.45) is 0. The summed E-state index contributed by atoms with van der Waals surface area (Å²) in [4.78, 5) is 0. The lowest BCUT2D eigenvalue weighted by molar-refractivity contribution is 0.467. The van der Waals surface area contributed by atoms with Gasteiger partial charge in [0.25, 0.3) is 0 Å². The van der Waals surface area contributed by atoms with Crippen LogP contribution in [0.2, 0.25) is 0 Å². The highest BCUT2D eigenvalue weighted by molar-refractivity contribution is 7.55. The molecule has 32 heavy (non-hydrogen) atoms. The summed E-state index contributed by atoms with van der Waals surface area (Å²) in [5, 5.41) is 2.79. The van der Waals surface area contributed by atoms with Gasteiger partial charge in [0.15, 0.2) is 0 Å². The number of aryl methyl sites for hydroxylation is 6. The van der Waals surface area contributed by atoms with Crippen molar-refractivity contribution in [3.05, 3.63) is 118 Å². The zero-order valence-corrected chi connectivity index (χ0v) is 21.0. The van der Waals surface area contributed by atoms with E-state index in [2.05, 4.69) is 126 Å². The normalized spacial score (nSPS) is 10.3. The van der Waals surface area contributed by atoms with Gasteiger partial charge in [0, 0.05) is 0 Å². The maximum atomic E-state index is 6.21. The highest BCUT2D eigenvalue weighted by atomic mass is 31.1. The first-order chi connectivity index (χ1) is 15.3. The van der Waals surface area contributed by atoms with Gasteiger partial charge in [0.2, 0.25) is 0 Å². The number of benzene rings is 4. The molecule has 0 bridgehead atoms. The molecule has 0 heterocycles. The molecule has 0 N–H and O–H groups in total. The van der Waals surface area contributed by atoms with E-state index in [0.717, 1.165) is 20.1 Å². The van der Waals surface area contributed by atoms with E-state index in [0.29, 0.717) is 0 Å². The summed E-state index contributed by atoms with van der Waals surface area (Å²) in [5.41, 5.74) is 7.32. The Labute approximate surface area is 195 Å². The van der Waals surface area contributed by atoms with Crippen molar-refractivity contribution in [1.82, 2.24) is 0 Å². The molecular formula is C30H33OP. The molecule has 0 saturated carbocycles. The number of hydrogen-bond donors (Lipinski definition) is 0. The van der Waals surface area contributed by atoms with E-state index in [-0.39, 0.29) is 0 Å². The Morgan fingerprint density at radius 2 is 0.781 bits per heavy atom. The minimum absolute atomic E-state index is 0.777. The van der Waals surface area contributed by atoms with Crippen LogP contribution in [0, 0.1) is 41.5 Å². The minimum Gasteiger partial charge on any atom is -0.456 e. The molecule has 0 aliphatic heterocycles. The highest BCUT2D eigenvalue weighted by Gasteiger charge is 2.11. The second-order valence-electron chi connectivity index (χ2n) is 8.41. The Bertz CT molecular complexity index is 1030. The standard InChI is InChI=1S/C18H22O.C12H11P/c1-11-7-13(3)17(14(4)8-11)19-18-15(5)9-12(2)10-16(18)6;1-3-7-11(8-4-1)13-12-9-5-2-6-10-12/h7-10H,1-6H3;1-10,13H. The van der Waals surface area contributed by atoms with Crippen LogP contribution in [0.1, 0.15) is 33.4 Å². The Kier molecular flexibility index (Phi) is 8.26. The van der Waals surface area contributed by atoms with Crippen LogP contribution in [-0.4, -0.2) is 0 Å². The van der Waals surface area contributed by atoms with Crippen molar-refractivity contribution in [1.29, 1.82) is 0 Å². The maximum absolute atomic E-state index is 6.21. The van der Waals surface area contributed by atoms with Crippen LogP contribution >= 0.6 is 8.58 Å². The van der Waals surface area contributed by atoms with Gasteiger partial charge in [-0.1, -0.05) is 105 Å². The van der Waals surface area contributed by atoms with Crippen LogP contribution in [0.15, 0.2) is 84.9 Å². The van der Waals surface area contributed by atoms with Crippen molar-refractivity contribution in [3.8, 4) is 11.5 Å². The summed E-state index contributed by atoms with van der Waals surface area (Å²) in [5.74, 6) is 1.97. The molecule has 0 fully saturated rings. The summed E-state index contributed by atoms with van der Waals surface area (Å²) in [6.45, 7) is 12.7. The quantitative estimate of drug-likeness (QED) is 0.296. The van der Waals surface area contributed by atoms with Gasteiger partial charge in [-0.2, -0.15) is 0 Å². The van der Waals surface area contributed by atoms with E-state index in [1.54, 1.807) is 0 Å². The van der Waals surface area contributed by atoms with Gasteiger partial charge in [0.1, 0.15) is 11.5 Å². The summed E-state index contributed by atoms with van der Waals surface area (Å²) in [7, 11) is 0.777. The fourth-order valence-corrected chi connectivity index (χ4v) is 5.02. The molecule has 1 nitrogen and oxygen atoms in total. The van der Waals surface area contributed by atoms with Gasteiger partial charge in [-0.3, -0.25) is 0 Å². The van der Waals surface area contributed by atoms with Gasteiger partial charge in [-0.25, -0.2) is 0 Å². The third-order valence-electron chi connectivity index (χ3n) is 5.25. The number of ether oxygens (including phenoxy) is 1. The zero-order chi connectivity index (χ0) is 23.1. The van der Waals surface area contributed by atoms with Crippen LogP contribution in [-0.2, 0) is 0 Å². The number of hydrogen-bond acceptors (Lipinski definition) is 1. The molecule has 0 amide bonds. The monoisotopic (exact) mass is 440 g/mol. The predicted molar refractivity (Wildman–Crippen MR) is 142 cm³/mol. The fraction of sp³-hybridized carbons (Fsp3) is 0.200. The molecule has 0 aliphatic carbocycles. The first-order valence-electron chi connectivity index (χ1n) is 11.0. The molecule has 0 atom stereocenters. The lowest BCUT2D eigenvalue weighted by Gasteiger charge is -2.17. The van der Waals surface area contributed by atoms with Crippen molar-refractivity contribution in [2.45, 2.75) is 41.5 Å². The maximum Gasteiger partial charge on any atom is 0.133 e. The highest BCUT2D eigenvalue weighted by Crippen LogP contribution is 2.34. The Morgan fingerprint density at radius 1 is 0.469 bits per heavy atom. The average molecular weight is 441 g/mol. The second kappa shape index (κ2) is 11.1. The van der Waals surface area contributed by atoms with E-state index in [9.17, 15) is 0 Å². The molecule has 4 aromatic carbocycles. The Hall–Kier alpha value is -2.89. The average Bonchev–Trinajstić information content (AvgIpc) is 2.74. The van der Waals surface area contributed by atoms with Crippen molar-refractivity contribution in [3.63, 3.8) is 0 Å². The molecular weight excluding hydrogens is 407 g/mol. The topological polar surface area (TPSA) is 9.23 Å². The molecule has 0 saturated heterocycles. The van der Waals surface area contributed by atoms with E-state index < -0.39 is 0 Å². The molecule has 2 heteroatoms. The smallest absolute Gasteiger partial charge is 0.133 e. The van der Waals surface area contributed by atoms with Gasteiger partial charge in [0.05, 0.1) is 0 Å². The largest absolute Gasteiger partial charge is 0.456 e. The second-order valence-corrected chi connectivity index (χ2v) is 9.82. The van der Waals surface area contributed by atoms with Crippen LogP contribution < -0.4 is 15.3 Å². The third-order valence-corrected chi connectivity index (χ3v) is 6.49. The lowest BCUT2D eigenvalue weighted by Crippen LogP contribution is -2.01. The van der Waals surface area contributed by atoms with E-state index in [4.69, 9.17) is 4.74 Å². The number of rotatable bonds is 4. The third kappa shape index (κ3) is 6.55. The van der Waals surface area contributed by atoms with E-state index >= 15 is 0 Å². The molecule has 0 aromatic heterocycles. The van der Waals surface area contributed by atoms with Gasteiger partial charge in [-0.15, -0.1) is 0 Å². The summed E-state index contributed by atoms with van der Waals surface area (Å²) in [6, 6.07) is 29.8. The van der Waals surface area contributed by atoms with E-state index in [1.807, 2.05) is 0 Å².